The van der Waals surface area contributed by atoms with Crippen LogP contribution in [0.3, 0.4) is 0 Å². The molecule has 1 saturated carbocycles. The average molecular weight is 241 g/mol. The van der Waals surface area contributed by atoms with Crippen LogP contribution in [0.25, 0.3) is 10.8 Å². The lowest BCUT2D eigenvalue weighted by atomic mass is 9.89. The van der Waals surface area contributed by atoms with Gasteiger partial charge >= 0.3 is 0 Å². The van der Waals surface area contributed by atoms with Crippen LogP contribution in [0.2, 0.25) is 0 Å². The zero-order chi connectivity index (χ0) is 12.4. The van der Waals surface area contributed by atoms with Crippen LogP contribution in [0.1, 0.15) is 19.8 Å². The van der Waals surface area contributed by atoms with E-state index in [1.54, 1.807) is 0 Å². The average Bonchev–Trinajstić information content (AvgIpc) is 2.37. The molecule has 0 unspecified atom stereocenters. The maximum atomic E-state index is 5.59. The van der Waals surface area contributed by atoms with Crippen LogP contribution >= 0.6 is 0 Å². The predicted octanol–water partition coefficient (Wildman–Crippen LogP) is 3.82. The van der Waals surface area contributed by atoms with Crippen LogP contribution in [0.15, 0.2) is 42.5 Å². The number of anilines is 1. The molecule has 0 radical (unpaired) electrons. The van der Waals surface area contributed by atoms with E-state index in [0.717, 1.165) is 19.4 Å². The van der Waals surface area contributed by atoms with Gasteiger partial charge in [0.05, 0.1) is 6.10 Å². The molecule has 18 heavy (non-hydrogen) atoms. The number of benzene rings is 2. The molecule has 0 amide bonds. The van der Waals surface area contributed by atoms with E-state index >= 15 is 0 Å². The molecule has 1 fully saturated rings. The third kappa shape index (κ3) is 2.21. The molecule has 0 bridgehead atoms. The summed E-state index contributed by atoms with van der Waals surface area (Å²) in [7, 11) is 0. The minimum atomic E-state index is 0.461. The standard InChI is InChI=1S/C16H19NO/c1-2-18-14-10-13(11-14)17-16-9-5-7-12-6-3-4-8-15(12)16/h3-9,13-14,17H,2,10-11H2,1H3. The summed E-state index contributed by atoms with van der Waals surface area (Å²) in [5.74, 6) is 0. The highest BCUT2D eigenvalue weighted by molar-refractivity contribution is 5.93. The van der Waals surface area contributed by atoms with Gasteiger partial charge in [0.25, 0.3) is 0 Å². The van der Waals surface area contributed by atoms with Crippen molar-refractivity contribution in [1.82, 2.24) is 0 Å². The van der Waals surface area contributed by atoms with Crippen LogP contribution in [0, 0.1) is 0 Å². The second kappa shape index (κ2) is 4.99. The Kier molecular flexibility index (Phi) is 3.20. The van der Waals surface area contributed by atoms with Crippen LogP contribution in [-0.4, -0.2) is 18.8 Å². The second-order valence-corrected chi connectivity index (χ2v) is 4.92. The van der Waals surface area contributed by atoms with Gasteiger partial charge in [0.1, 0.15) is 0 Å². The topological polar surface area (TPSA) is 21.3 Å². The number of rotatable bonds is 4. The molecule has 0 aromatic heterocycles. The maximum absolute atomic E-state index is 5.59. The molecule has 1 N–H and O–H groups in total. The van der Waals surface area contributed by atoms with Gasteiger partial charge in [0.2, 0.25) is 0 Å². The van der Waals surface area contributed by atoms with Crippen molar-refractivity contribution in [2.45, 2.75) is 31.9 Å². The summed E-state index contributed by atoms with van der Waals surface area (Å²) in [6.07, 6.45) is 2.70. The molecule has 1 aliphatic rings. The highest BCUT2D eigenvalue weighted by atomic mass is 16.5. The Balaban J connectivity index is 1.72. The first-order valence-corrected chi connectivity index (χ1v) is 6.72. The van der Waals surface area contributed by atoms with E-state index in [9.17, 15) is 0 Å². The lowest BCUT2D eigenvalue weighted by Gasteiger charge is -2.36. The molecule has 0 atom stereocenters. The highest BCUT2D eigenvalue weighted by Crippen LogP contribution is 2.30. The molecule has 0 aliphatic heterocycles. The van der Waals surface area contributed by atoms with Crippen molar-refractivity contribution >= 4 is 16.5 Å². The van der Waals surface area contributed by atoms with Crippen molar-refractivity contribution < 1.29 is 4.74 Å². The zero-order valence-corrected chi connectivity index (χ0v) is 10.7. The fraction of sp³-hybridized carbons (Fsp3) is 0.375. The molecule has 3 rings (SSSR count). The summed E-state index contributed by atoms with van der Waals surface area (Å²) in [6.45, 7) is 2.89. The molecule has 94 valence electrons. The van der Waals surface area contributed by atoms with Crippen molar-refractivity contribution in [3.05, 3.63) is 42.5 Å². The summed E-state index contributed by atoms with van der Waals surface area (Å²) in [6, 6.07) is 15.5. The highest BCUT2D eigenvalue weighted by Gasteiger charge is 2.29. The summed E-state index contributed by atoms with van der Waals surface area (Å²) >= 11 is 0. The molecular weight excluding hydrogens is 222 g/mol. The van der Waals surface area contributed by atoms with Gasteiger partial charge in [-0.3, -0.25) is 0 Å². The summed E-state index contributed by atoms with van der Waals surface area (Å²) < 4.78 is 5.59. The Bertz CT molecular complexity index is 526. The molecule has 1 aliphatic carbocycles. The van der Waals surface area contributed by atoms with E-state index in [4.69, 9.17) is 4.74 Å². The number of ether oxygens (including phenoxy) is 1. The largest absolute Gasteiger partial charge is 0.382 e. The van der Waals surface area contributed by atoms with Gasteiger partial charge in [-0.05, 0) is 31.2 Å². The van der Waals surface area contributed by atoms with Gasteiger partial charge in [-0.25, -0.2) is 0 Å². The zero-order valence-electron chi connectivity index (χ0n) is 10.7. The van der Waals surface area contributed by atoms with Crippen molar-refractivity contribution in [3.8, 4) is 0 Å². The smallest absolute Gasteiger partial charge is 0.0614 e. The molecule has 0 spiro atoms. The number of hydrogen-bond donors (Lipinski definition) is 1. The maximum Gasteiger partial charge on any atom is 0.0614 e. The van der Waals surface area contributed by atoms with E-state index in [1.165, 1.54) is 16.5 Å². The number of nitrogens with one attached hydrogen (secondary N) is 1. The first-order valence-electron chi connectivity index (χ1n) is 6.72. The van der Waals surface area contributed by atoms with E-state index in [0.29, 0.717) is 12.1 Å². The number of fused-ring (bicyclic) bond motifs is 1. The summed E-state index contributed by atoms with van der Waals surface area (Å²) in [4.78, 5) is 0. The van der Waals surface area contributed by atoms with Crippen molar-refractivity contribution in [1.29, 1.82) is 0 Å². The predicted molar refractivity (Wildman–Crippen MR) is 76.0 cm³/mol. The Hall–Kier alpha value is -1.54. The Morgan fingerprint density at radius 3 is 2.72 bits per heavy atom. The monoisotopic (exact) mass is 241 g/mol. The lowest BCUT2D eigenvalue weighted by Crippen LogP contribution is -2.40. The molecule has 2 aromatic rings. The molecule has 0 saturated heterocycles. The lowest BCUT2D eigenvalue weighted by molar-refractivity contribution is 0.00302. The SMILES string of the molecule is CCOC1CC(Nc2cccc3ccccc23)C1. The second-order valence-electron chi connectivity index (χ2n) is 4.92. The van der Waals surface area contributed by atoms with Crippen LogP contribution in [0.4, 0.5) is 5.69 Å². The third-order valence-corrected chi connectivity index (χ3v) is 3.65. The first-order chi connectivity index (χ1) is 8.86. The third-order valence-electron chi connectivity index (χ3n) is 3.65. The molecule has 2 heteroatoms. The quantitative estimate of drug-likeness (QED) is 0.878. The normalized spacial score (nSPS) is 22.7. The number of hydrogen-bond acceptors (Lipinski definition) is 2. The Labute approximate surface area is 108 Å². The van der Waals surface area contributed by atoms with E-state index in [2.05, 4.69) is 54.7 Å². The van der Waals surface area contributed by atoms with Gasteiger partial charge in [-0.2, -0.15) is 0 Å². The van der Waals surface area contributed by atoms with Crippen LogP contribution in [0.5, 0.6) is 0 Å². The van der Waals surface area contributed by atoms with Crippen LogP contribution < -0.4 is 5.32 Å². The van der Waals surface area contributed by atoms with Gasteiger partial charge in [-0.15, -0.1) is 0 Å². The van der Waals surface area contributed by atoms with Crippen LogP contribution in [-0.2, 0) is 4.74 Å². The summed E-state index contributed by atoms with van der Waals surface area (Å²) in [5, 5.41) is 6.23. The molecular formula is C16H19NO. The minimum absolute atomic E-state index is 0.461. The van der Waals surface area contributed by atoms with E-state index in [1.807, 2.05) is 0 Å². The molecule has 0 heterocycles. The molecule has 2 aromatic carbocycles. The van der Waals surface area contributed by atoms with E-state index < -0.39 is 0 Å². The summed E-state index contributed by atoms with van der Waals surface area (Å²) in [5.41, 5.74) is 1.24. The fourth-order valence-corrected chi connectivity index (χ4v) is 2.63. The Morgan fingerprint density at radius 1 is 1.11 bits per heavy atom. The van der Waals surface area contributed by atoms with Gasteiger partial charge in [0, 0.05) is 23.7 Å². The Morgan fingerprint density at radius 2 is 1.89 bits per heavy atom. The van der Waals surface area contributed by atoms with Crippen molar-refractivity contribution in [3.63, 3.8) is 0 Å². The minimum Gasteiger partial charge on any atom is -0.382 e. The molecule has 2 nitrogen and oxygen atoms in total. The van der Waals surface area contributed by atoms with Gasteiger partial charge in [0.15, 0.2) is 0 Å². The fourth-order valence-electron chi connectivity index (χ4n) is 2.63. The van der Waals surface area contributed by atoms with Crippen molar-refractivity contribution in [2.75, 3.05) is 11.9 Å². The van der Waals surface area contributed by atoms with E-state index in [-0.39, 0.29) is 0 Å². The van der Waals surface area contributed by atoms with Gasteiger partial charge < -0.3 is 10.1 Å². The first kappa shape index (κ1) is 11.5. The van der Waals surface area contributed by atoms with Crippen molar-refractivity contribution in [2.24, 2.45) is 0 Å². The van der Waals surface area contributed by atoms with Gasteiger partial charge in [-0.1, -0.05) is 36.4 Å².